The van der Waals surface area contributed by atoms with Gasteiger partial charge < -0.3 is 16.0 Å². The van der Waals surface area contributed by atoms with E-state index in [0.717, 1.165) is 5.56 Å². The molecule has 4 aromatic rings. The van der Waals surface area contributed by atoms with Gasteiger partial charge in [-0.3, -0.25) is 9.59 Å². The fourth-order valence-corrected chi connectivity index (χ4v) is 4.10. The Bertz CT molecular complexity index is 1360. The summed E-state index contributed by atoms with van der Waals surface area (Å²) in [5, 5.41) is 13.7. The van der Waals surface area contributed by atoms with Crippen LogP contribution in [-0.2, 0) is 4.79 Å². The molecule has 7 heteroatoms. The first-order chi connectivity index (χ1) is 16.6. The summed E-state index contributed by atoms with van der Waals surface area (Å²) in [5.74, 6) is 0.0225. The quantitative estimate of drug-likeness (QED) is 0.397. The number of anilines is 3. The zero-order valence-corrected chi connectivity index (χ0v) is 18.5. The van der Waals surface area contributed by atoms with E-state index in [-0.39, 0.29) is 11.8 Å². The van der Waals surface area contributed by atoms with Crippen molar-refractivity contribution in [3.05, 3.63) is 120 Å². The van der Waals surface area contributed by atoms with Crippen molar-refractivity contribution in [1.29, 1.82) is 0 Å². The Kier molecular flexibility index (Phi) is 5.66. The van der Waals surface area contributed by atoms with E-state index in [9.17, 15) is 9.59 Å². The normalized spacial score (nSPS) is 14.7. The number of carbonyl (C=O) groups excluding carboxylic acids is 2. The summed E-state index contributed by atoms with van der Waals surface area (Å²) in [5.41, 5.74) is 3.86. The number of nitrogens with zero attached hydrogens (tertiary/aromatic N) is 2. The zero-order valence-electron chi connectivity index (χ0n) is 18.5. The van der Waals surface area contributed by atoms with Crippen LogP contribution in [0.3, 0.4) is 0 Å². The maximum Gasteiger partial charge on any atom is 0.261 e. The number of fused-ring (bicyclic) bond motifs is 1. The highest BCUT2D eigenvalue weighted by molar-refractivity contribution is 6.09. The van der Waals surface area contributed by atoms with E-state index in [1.807, 2.05) is 97.9 Å². The topological polar surface area (TPSA) is 88.0 Å². The molecule has 2 amide bonds. The fraction of sp³-hybridized carbons (Fsp3) is 0.0741. The van der Waals surface area contributed by atoms with Crippen LogP contribution in [0.1, 0.15) is 28.9 Å². The molecule has 168 valence electrons. The van der Waals surface area contributed by atoms with Crippen LogP contribution in [0, 0.1) is 0 Å². The number of allylic oxidation sites excluding steroid dienone is 1. The molecular formula is C27H23N5O2. The lowest BCUT2D eigenvalue weighted by atomic mass is 9.94. The summed E-state index contributed by atoms with van der Waals surface area (Å²) in [7, 11) is 0. The van der Waals surface area contributed by atoms with Crippen LogP contribution in [0.5, 0.6) is 0 Å². The first-order valence-electron chi connectivity index (χ1n) is 10.9. The monoisotopic (exact) mass is 449 g/mol. The largest absolute Gasteiger partial charge is 0.343 e. The van der Waals surface area contributed by atoms with Crippen LogP contribution in [0.15, 0.2) is 108 Å². The molecule has 0 unspecified atom stereocenters. The highest BCUT2D eigenvalue weighted by atomic mass is 16.2. The van der Waals surface area contributed by atoms with Crippen molar-refractivity contribution in [2.45, 2.75) is 13.0 Å². The van der Waals surface area contributed by atoms with Crippen molar-refractivity contribution in [2.24, 2.45) is 0 Å². The van der Waals surface area contributed by atoms with Gasteiger partial charge >= 0.3 is 0 Å². The van der Waals surface area contributed by atoms with E-state index < -0.39 is 6.04 Å². The first-order valence-corrected chi connectivity index (χ1v) is 10.9. The van der Waals surface area contributed by atoms with Gasteiger partial charge in [-0.25, -0.2) is 4.68 Å². The zero-order chi connectivity index (χ0) is 23.5. The molecule has 1 aromatic heterocycles. The molecule has 0 radical (unpaired) electrons. The SMILES string of the molecule is CC1=C(C(=O)Nc2ccccc2)[C@H](c2ccccc2)n2ncc(C(=O)Nc3ccccc3)c2N1. The minimum atomic E-state index is -0.501. The van der Waals surface area contributed by atoms with Crippen LogP contribution in [0.25, 0.3) is 0 Å². The van der Waals surface area contributed by atoms with Crippen LogP contribution < -0.4 is 16.0 Å². The molecule has 1 aliphatic rings. The molecule has 0 aliphatic carbocycles. The predicted octanol–water partition coefficient (Wildman–Crippen LogP) is 5.06. The molecule has 3 N–H and O–H groups in total. The van der Waals surface area contributed by atoms with E-state index in [4.69, 9.17) is 0 Å². The molecule has 0 saturated carbocycles. The number of amides is 2. The summed E-state index contributed by atoms with van der Waals surface area (Å²) in [4.78, 5) is 26.5. The third-order valence-corrected chi connectivity index (χ3v) is 5.69. The van der Waals surface area contributed by atoms with Gasteiger partial charge in [-0.2, -0.15) is 5.10 Å². The number of rotatable bonds is 5. The minimum Gasteiger partial charge on any atom is -0.343 e. The van der Waals surface area contributed by atoms with Crippen molar-refractivity contribution in [3.63, 3.8) is 0 Å². The van der Waals surface area contributed by atoms with Crippen LogP contribution in [0.4, 0.5) is 17.2 Å². The van der Waals surface area contributed by atoms with E-state index in [1.54, 1.807) is 4.68 Å². The second-order valence-corrected chi connectivity index (χ2v) is 7.97. The molecule has 5 rings (SSSR count). The maximum atomic E-state index is 13.4. The Morgan fingerprint density at radius 1 is 0.794 bits per heavy atom. The van der Waals surface area contributed by atoms with Gasteiger partial charge in [0.25, 0.3) is 11.8 Å². The van der Waals surface area contributed by atoms with Gasteiger partial charge in [-0.15, -0.1) is 0 Å². The van der Waals surface area contributed by atoms with Crippen molar-refractivity contribution in [1.82, 2.24) is 9.78 Å². The molecule has 7 nitrogen and oxygen atoms in total. The first kappa shape index (κ1) is 21.2. The van der Waals surface area contributed by atoms with Crippen molar-refractivity contribution in [3.8, 4) is 0 Å². The van der Waals surface area contributed by atoms with Gasteiger partial charge in [-0.05, 0) is 36.8 Å². The molecule has 2 heterocycles. The molecule has 34 heavy (non-hydrogen) atoms. The molecule has 0 bridgehead atoms. The summed E-state index contributed by atoms with van der Waals surface area (Å²) in [6, 6.07) is 27.7. The third kappa shape index (κ3) is 4.06. The summed E-state index contributed by atoms with van der Waals surface area (Å²) in [6.45, 7) is 1.84. The highest BCUT2D eigenvalue weighted by Gasteiger charge is 2.35. The molecule has 3 aromatic carbocycles. The molecule has 0 fully saturated rings. The predicted molar refractivity (Wildman–Crippen MR) is 133 cm³/mol. The molecule has 1 atom stereocenters. The van der Waals surface area contributed by atoms with Crippen molar-refractivity contribution < 1.29 is 9.59 Å². The smallest absolute Gasteiger partial charge is 0.261 e. The third-order valence-electron chi connectivity index (χ3n) is 5.69. The summed E-state index contributed by atoms with van der Waals surface area (Å²) in [6.07, 6.45) is 1.53. The van der Waals surface area contributed by atoms with E-state index in [1.165, 1.54) is 6.20 Å². The molecule has 0 spiro atoms. The second kappa shape index (κ2) is 9.07. The Hall–Kier alpha value is -4.65. The molecule has 1 aliphatic heterocycles. The number of carbonyl (C=O) groups is 2. The van der Waals surface area contributed by atoms with Gasteiger partial charge in [-0.1, -0.05) is 66.7 Å². The van der Waals surface area contributed by atoms with E-state index in [0.29, 0.717) is 34.0 Å². The number of hydrogen-bond acceptors (Lipinski definition) is 4. The number of hydrogen-bond donors (Lipinski definition) is 3. The summed E-state index contributed by atoms with van der Waals surface area (Å²) >= 11 is 0. The average Bonchev–Trinajstić information content (AvgIpc) is 3.28. The fourth-order valence-electron chi connectivity index (χ4n) is 4.10. The van der Waals surface area contributed by atoms with Gasteiger partial charge in [0.1, 0.15) is 17.4 Å². The Morgan fingerprint density at radius 2 is 1.32 bits per heavy atom. The van der Waals surface area contributed by atoms with Gasteiger partial charge in [0.2, 0.25) is 0 Å². The van der Waals surface area contributed by atoms with Crippen LogP contribution in [-0.4, -0.2) is 21.6 Å². The molecular weight excluding hydrogens is 426 g/mol. The van der Waals surface area contributed by atoms with Crippen LogP contribution >= 0.6 is 0 Å². The number of para-hydroxylation sites is 2. The number of benzene rings is 3. The van der Waals surface area contributed by atoms with E-state index in [2.05, 4.69) is 21.0 Å². The van der Waals surface area contributed by atoms with Crippen molar-refractivity contribution in [2.75, 3.05) is 16.0 Å². The van der Waals surface area contributed by atoms with Gasteiger partial charge in [0, 0.05) is 17.1 Å². The Balaban J connectivity index is 1.53. The standard InChI is InChI=1S/C27H23N5O2/c1-18-23(27(34)31-21-15-9-4-10-16-21)24(19-11-5-2-6-12-19)32-25(29-18)22(17-28-32)26(33)30-20-13-7-3-8-14-20/h2-17,24,29H,1H3,(H,30,33)(H,31,34)/t24-/m0/s1. The Morgan fingerprint density at radius 3 is 1.91 bits per heavy atom. The average molecular weight is 450 g/mol. The summed E-state index contributed by atoms with van der Waals surface area (Å²) < 4.78 is 1.70. The lowest BCUT2D eigenvalue weighted by Gasteiger charge is -2.30. The molecule has 0 saturated heterocycles. The lowest BCUT2D eigenvalue weighted by Crippen LogP contribution is -2.32. The van der Waals surface area contributed by atoms with Gasteiger partial charge in [0.05, 0.1) is 11.8 Å². The second-order valence-electron chi connectivity index (χ2n) is 7.97. The number of aromatic nitrogens is 2. The Labute approximate surface area is 197 Å². The van der Waals surface area contributed by atoms with Crippen molar-refractivity contribution >= 4 is 29.0 Å². The lowest BCUT2D eigenvalue weighted by molar-refractivity contribution is -0.113. The van der Waals surface area contributed by atoms with Crippen LogP contribution in [0.2, 0.25) is 0 Å². The van der Waals surface area contributed by atoms with Gasteiger partial charge in [0.15, 0.2) is 0 Å². The minimum absolute atomic E-state index is 0.235. The number of nitrogens with one attached hydrogen (secondary N) is 3. The van der Waals surface area contributed by atoms with E-state index >= 15 is 0 Å². The maximum absolute atomic E-state index is 13.4. The highest BCUT2D eigenvalue weighted by Crippen LogP contribution is 2.37.